The number of hydrogen-bond donors (Lipinski definition) is 7. The summed E-state index contributed by atoms with van der Waals surface area (Å²) in [6, 6.07) is 13.3. The van der Waals surface area contributed by atoms with Crippen molar-refractivity contribution >= 4 is 29.6 Å². The van der Waals surface area contributed by atoms with Crippen LogP contribution >= 0.6 is 0 Å². The van der Waals surface area contributed by atoms with Crippen LogP contribution in [0.5, 0.6) is 5.75 Å². The average molecular weight is 651 g/mol. The first-order chi connectivity index (χ1) is 22.7. The second kappa shape index (κ2) is 19.8. The molecule has 4 amide bonds. The third kappa shape index (κ3) is 12.9. The van der Waals surface area contributed by atoms with Gasteiger partial charge in [0.2, 0.25) is 23.6 Å². The van der Waals surface area contributed by atoms with Crippen molar-refractivity contribution in [2.75, 3.05) is 13.1 Å². The highest BCUT2D eigenvalue weighted by molar-refractivity contribution is 5.94. The van der Waals surface area contributed by atoms with Crippen LogP contribution < -0.4 is 43.6 Å². The summed E-state index contributed by atoms with van der Waals surface area (Å²) in [5.74, 6) is -1.68. The Balaban J connectivity index is 1.70. The SMILES string of the molecule is NCCCC[C@H](NC(=O)[C@H](CCCN=C(N)N)NC(=O)C1CCCCC1)C(=O)N[C@@H](C(N)=O)c1ccc(OCc2ccccc2)cc1. The fourth-order valence-electron chi connectivity index (χ4n) is 5.52. The zero-order chi connectivity index (χ0) is 34.0. The average Bonchev–Trinajstić information content (AvgIpc) is 3.07. The third-order valence-electron chi connectivity index (χ3n) is 8.17. The Morgan fingerprint density at radius 2 is 1.43 bits per heavy atom. The Morgan fingerprint density at radius 3 is 2.06 bits per heavy atom. The number of aliphatic imine (C=N–C) groups is 1. The van der Waals surface area contributed by atoms with Crippen molar-refractivity contribution in [3.05, 3.63) is 65.7 Å². The molecule has 3 atom stereocenters. The van der Waals surface area contributed by atoms with E-state index in [1.54, 1.807) is 24.3 Å². The maximum Gasteiger partial charge on any atom is 0.244 e. The maximum absolute atomic E-state index is 13.6. The van der Waals surface area contributed by atoms with Crippen LogP contribution in [0.25, 0.3) is 0 Å². The topological polar surface area (TPSA) is 230 Å². The van der Waals surface area contributed by atoms with Gasteiger partial charge in [-0.25, -0.2) is 0 Å². The van der Waals surface area contributed by atoms with Crippen LogP contribution in [-0.2, 0) is 25.8 Å². The Morgan fingerprint density at radius 1 is 0.787 bits per heavy atom. The molecule has 0 unspecified atom stereocenters. The van der Waals surface area contributed by atoms with E-state index in [0.29, 0.717) is 43.7 Å². The summed E-state index contributed by atoms with van der Waals surface area (Å²) >= 11 is 0. The van der Waals surface area contributed by atoms with Gasteiger partial charge in [-0.15, -0.1) is 0 Å². The number of unbranched alkanes of at least 4 members (excludes halogenated alkanes) is 1. The predicted molar refractivity (Wildman–Crippen MR) is 181 cm³/mol. The molecule has 3 rings (SSSR count). The number of amides is 4. The molecule has 1 saturated carbocycles. The number of nitrogens with two attached hydrogens (primary N) is 4. The molecule has 47 heavy (non-hydrogen) atoms. The van der Waals surface area contributed by atoms with Crippen molar-refractivity contribution in [2.45, 2.75) is 88.9 Å². The van der Waals surface area contributed by atoms with E-state index in [1.807, 2.05) is 30.3 Å². The number of rotatable bonds is 19. The number of nitrogens with zero attached hydrogens (tertiary/aromatic N) is 1. The Hall–Kier alpha value is -4.65. The predicted octanol–water partition coefficient (Wildman–Crippen LogP) is 1.64. The second-order valence-electron chi connectivity index (χ2n) is 11.9. The van der Waals surface area contributed by atoms with Gasteiger partial charge in [0.15, 0.2) is 5.96 Å². The van der Waals surface area contributed by atoms with E-state index in [9.17, 15) is 19.2 Å². The van der Waals surface area contributed by atoms with Crippen LogP contribution in [0.4, 0.5) is 0 Å². The van der Waals surface area contributed by atoms with Gasteiger partial charge in [0, 0.05) is 12.5 Å². The van der Waals surface area contributed by atoms with Crippen LogP contribution in [0.2, 0.25) is 0 Å². The standard InChI is InChI=1S/C34H50N8O5/c35-20-8-7-14-27(41-32(45)28(15-9-21-39-34(37)38)40-31(44)25-12-5-2-6-13-25)33(46)42-29(30(36)43)24-16-18-26(19-17-24)47-22-23-10-3-1-4-11-23/h1,3-4,10-11,16-19,25,27-29H,2,5-9,12-15,20-22,35H2,(H2,36,43)(H,40,44)(H,41,45)(H,42,46)(H4,37,38,39)/t27-,28-,29+/m0/s1. The first kappa shape index (κ1) is 36.8. The number of ether oxygens (including phenoxy) is 1. The van der Waals surface area contributed by atoms with Gasteiger partial charge in [-0.3, -0.25) is 24.2 Å². The Bertz CT molecular complexity index is 1310. The number of carbonyl (C=O) groups is 4. The van der Waals surface area contributed by atoms with Crippen LogP contribution in [0.1, 0.15) is 81.4 Å². The van der Waals surface area contributed by atoms with Gasteiger partial charge in [-0.2, -0.15) is 0 Å². The van der Waals surface area contributed by atoms with Gasteiger partial charge < -0.3 is 43.6 Å². The van der Waals surface area contributed by atoms with Gasteiger partial charge >= 0.3 is 0 Å². The fraction of sp³-hybridized carbons (Fsp3) is 0.500. The monoisotopic (exact) mass is 650 g/mol. The molecule has 1 fully saturated rings. The number of hydrogen-bond acceptors (Lipinski definition) is 7. The Kier molecular flexibility index (Phi) is 15.5. The second-order valence-corrected chi connectivity index (χ2v) is 11.9. The number of carbonyl (C=O) groups excluding carboxylic acids is 4. The number of benzene rings is 2. The zero-order valence-electron chi connectivity index (χ0n) is 27.0. The molecule has 2 aromatic carbocycles. The summed E-state index contributed by atoms with van der Waals surface area (Å²) < 4.78 is 5.83. The minimum Gasteiger partial charge on any atom is -0.489 e. The summed E-state index contributed by atoms with van der Waals surface area (Å²) in [7, 11) is 0. The van der Waals surface area contributed by atoms with Gasteiger partial charge in [0.25, 0.3) is 0 Å². The minimum absolute atomic E-state index is 0.0627. The zero-order valence-corrected chi connectivity index (χ0v) is 27.0. The summed E-state index contributed by atoms with van der Waals surface area (Å²) in [6.45, 7) is 1.06. The molecule has 0 bridgehead atoms. The first-order valence-corrected chi connectivity index (χ1v) is 16.4. The quantitative estimate of drug-likeness (QED) is 0.0670. The van der Waals surface area contributed by atoms with Crippen molar-refractivity contribution < 1.29 is 23.9 Å². The molecule has 11 N–H and O–H groups in total. The van der Waals surface area contributed by atoms with Crippen molar-refractivity contribution in [3.8, 4) is 5.75 Å². The lowest BCUT2D eigenvalue weighted by molar-refractivity contribution is -0.134. The fourth-order valence-corrected chi connectivity index (χ4v) is 5.52. The first-order valence-electron chi connectivity index (χ1n) is 16.4. The Labute approximate surface area is 276 Å². The van der Waals surface area contributed by atoms with E-state index < -0.39 is 35.8 Å². The molecule has 2 aromatic rings. The van der Waals surface area contributed by atoms with Crippen LogP contribution in [0.3, 0.4) is 0 Å². The largest absolute Gasteiger partial charge is 0.489 e. The summed E-state index contributed by atoms with van der Waals surface area (Å²) in [6.07, 6.45) is 6.70. The number of primary amides is 1. The molecule has 0 radical (unpaired) electrons. The lowest BCUT2D eigenvalue weighted by Gasteiger charge is -2.27. The molecule has 1 aliphatic rings. The molecule has 0 saturated heterocycles. The summed E-state index contributed by atoms with van der Waals surface area (Å²) in [5.41, 5.74) is 23.7. The minimum atomic E-state index is -1.15. The highest BCUT2D eigenvalue weighted by atomic mass is 16.5. The van der Waals surface area contributed by atoms with E-state index in [1.165, 1.54) is 0 Å². The van der Waals surface area contributed by atoms with Gasteiger partial charge in [0.1, 0.15) is 30.5 Å². The van der Waals surface area contributed by atoms with Gasteiger partial charge in [-0.05, 0) is 74.8 Å². The molecular weight excluding hydrogens is 600 g/mol. The van der Waals surface area contributed by atoms with E-state index in [4.69, 9.17) is 27.7 Å². The van der Waals surface area contributed by atoms with E-state index in [2.05, 4.69) is 20.9 Å². The van der Waals surface area contributed by atoms with Crippen LogP contribution in [0.15, 0.2) is 59.6 Å². The lowest BCUT2D eigenvalue weighted by Crippen LogP contribution is -2.55. The van der Waals surface area contributed by atoms with E-state index in [0.717, 1.165) is 37.7 Å². The summed E-state index contributed by atoms with van der Waals surface area (Å²) in [4.78, 5) is 56.8. The molecule has 0 heterocycles. The highest BCUT2D eigenvalue weighted by Crippen LogP contribution is 2.24. The molecule has 0 aliphatic heterocycles. The normalized spacial score (nSPS) is 15.0. The molecular formula is C34H50N8O5. The van der Waals surface area contributed by atoms with Gasteiger partial charge in [0.05, 0.1) is 0 Å². The number of nitrogens with one attached hydrogen (secondary N) is 3. The molecule has 13 nitrogen and oxygen atoms in total. The van der Waals surface area contributed by atoms with Crippen molar-refractivity contribution in [3.63, 3.8) is 0 Å². The summed E-state index contributed by atoms with van der Waals surface area (Å²) in [5, 5.41) is 8.41. The molecule has 13 heteroatoms. The number of guanidine groups is 1. The van der Waals surface area contributed by atoms with Crippen molar-refractivity contribution in [2.24, 2.45) is 33.8 Å². The lowest BCUT2D eigenvalue weighted by atomic mass is 9.88. The molecule has 256 valence electrons. The van der Waals surface area contributed by atoms with Crippen LogP contribution in [-0.4, -0.2) is 54.8 Å². The smallest absolute Gasteiger partial charge is 0.244 e. The van der Waals surface area contributed by atoms with Crippen LogP contribution in [0, 0.1) is 5.92 Å². The molecule has 0 aromatic heterocycles. The molecule has 1 aliphatic carbocycles. The van der Waals surface area contributed by atoms with Crippen molar-refractivity contribution in [1.82, 2.24) is 16.0 Å². The van der Waals surface area contributed by atoms with E-state index in [-0.39, 0.29) is 37.2 Å². The van der Waals surface area contributed by atoms with Crippen molar-refractivity contribution in [1.29, 1.82) is 0 Å². The highest BCUT2D eigenvalue weighted by Gasteiger charge is 2.31. The maximum atomic E-state index is 13.6. The van der Waals surface area contributed by atoms with Gasteiger partial charge in [-0.1, -0.05) is 61.7 Å². The van der Waals surface area contributed by atoms with E-state index >= 15 is 0 Å². The third-order valence-corrected chi connectivity index (χ3v) is 8.17. The molecule has 0 spiro atoms.